The molecule has 1 aliphatic rings. The average molecular weight is 274 g/mol. The standard InChI is InChI=1S/C18H26O2/c1-4-6-15-7-5-8-16(13-15)17(19)18(20-3)11-9-14(2)10-12-18/h5,7-8,13-14H,4,6,9-12H2,1-3H3. The molecule has 1 aromatic carbocycles. The minimum absolute atomic E-state index is 0.171. The van der Waals surface area contributed by atoms with Crippen LogP contribution in [0.5, 0.6) is 0 Å². The zero-order valence-corrected chi connectivity index (χ0v) is 12.9. The number of ether oxygens (including phenoxy) is 1. The van der Waals surface area contributed by atoms with Gasteiger partial charge in [0.1, 0.15) is 5.60 Å². The van der Waals surface area contributed by atoms with Gasteiger partial charge >= 0.3 is 0 Å². The first-order valence-corrected chi connectivity index (χ1v) is 7.80. The molecule has 0 N–H and O–H groups in total. The van der Waals surface area contributed by atoms with Crippen LogP contribution in [0.4, 0.5) is 0 Å². The van der Waals surface area contributed by atoms with Crippen molar-refractivity contribution in [3.63, 3.8) is 0 Å². The lowest BCUT2D eigenvalue weighted by atomic mass is 9.75. The van der Waals surface area contributed by atoms with Gasteiger partial charge < -0.3 is 4.74 Å². The zero-order chi connectivity index (χ0) is 14.6. The molecule has 0 aliphatic heterocycles. The molecular weight excluding hydrogens is 248 g/mol. The lowest BCUT2D eigenvalue weighted by molar-refractivity contribution is -0.0263. The molecule has 0 spiro atoms. The largest absolute Gasteiger partial charge is 0.370 e. The van der Waals surface area contributed by atoms with E-state index in [0.29, 0.717) is 5.92 Å². The third-order valence-electron chi connectivity index (χ3n) is 4.61. The van der Waals surface area contributed by atoms with E-state index >= 15 is 0 Å². The van der Waals surface area contributed by atoms with Crippen LogP contribution in [-0.4, -0.2) is 18.5 Å². The number of methoxy groups -OCH3 is 1. The van der Waals surface area contributed by atoms with Crippen molar-refractivity contribution in [1.82, 2.24) is 0 Å². The first kappa shape index (κ1) is 15.2. The van der Waals surface area contributed by atoms with Gasteiger partial charge in [-0.15, -0.1) is 0 Å². The number of carbonyl (C=O) groups excluding carboxylic acids is 1. The van der Waals surface area contributed by atoms with Crippen LogP contribution >= 0.6 is 0 Å². The molecule has 0 unspecified atom stereocenters. The van der Waals surface area contributed by atoms with Gasteiger partial charge in [0.15, 0.2) is 5.78 Å². The number of Topliss-reactive ketones (excluding diaryl/α,β-unsaturated/α-hetero) is 1. The smallest absolute Gasteiger partial charge is 0.194 e. The van der Waals surface area contributed by atoms with Gasteiger partial charge in [0.2, 0.25) is 0 Å². The molecule has 1 aromatic rings. The second-order valence-corrected chi connectivity index (χ2v) is 6.16. The Balaban J connectivity index is 2.22. The second kappa shape index (κ2) is 6.53. The van der Waals surface area contributed by atoms with Crippen molar-refractivity contribution in [1.29, 1.82) is 0 Å². The van der Waals surface area contributed by atoms with E-state index < -0.39 is 5.60 Å². The van der Waals surface area contributed by atoms with E-state index in [1.807, 2.05) is 18.2 Å². The second-order valence-electron chi connectivity index (χ2n) is 6.16. The van der Waals surface area contributed by atoms with Crippen molar-refractivity contribution < 1.29 is 9.53 Å². The van der Waals surface area contributed by atoms with E-state index in [1.54, 1.807) is 7.11 Å². The monoisotopic (exact) mass is 274 g/mol. The van der Waals surface area contributed by atoms with Crippen LogP contribution in [0.15, 0.2) is 24.3 Å². The number of carbonyl (C=O) groups is 1. The fourth-order valence-electron chi connectivity index (χ4n) is 3.17. The van der Waals surface area contributed by atoms with E-state index in [9.17, 15) is 4.79 Å². The van der Waals surface area contributed by atoms with Gasteiger partial charge in [0, 0.05) is 12.7 Å². The number of hydrogen-bond acceptors (Lipinski definition) is 2. The molecule has 2 rings (SSSR count). The summed E-state index contributed by atoms with van der Waals surface area (Å²) < 4.78 is 5.69. The zero-order valence-electron chi connectivity index (χ0n) is 12.9. The van der Waals surface area contributed by atoms with Gasteiger partial charge in [-0.05, 0) is 49.7 Å². The molecule has 0 heterocycles. The Hall–Kier alpha value is -1.15. The number of benzene rings is 1. The highest BCUT2D eigenvalue weighted by atomic mass is 16.5. The third-order valence-corrected chi connectivity index (χ3v) is 4.61. The lowest BCUT2D eigenvalue weighted by Gasteiger charge is -2.37. The van der Waals surface area contributed by atoms with Crippen LogP contribution in [0.25, 0.3) is 0 Å². The molecule has 1 saturated carbocycles. The molecule has 0 aromatic heterocycles. The van der Waals surface area contributed by atoms with Crippen LogP contribution in [0.3, 0.4) is 0 Å². The summed E-state index contributed by atoms with van der Waals surface area (Å²) in [6.45, 7) is 4.42. The van der Waals surface area contributed by atoms with Crippen LogP contribution in [0.2, 0.25) is 0 Å². The molecule has 0 amide bonds. The molecule has 0 saturated heterocycles. The summed E-state index contributed by atoms with van der Waals surface area (Å²) in [6, 6.07) is 8.07. The highest BCUT2D eigenvalue weighted by Crippen LogP contribution is 2.36. The Labute approximate surface area is 122 Å². The molecule has 0 radical (unpaired) electrons. The minimum atomic E-state index is -0.586. The summed E-state index contributed by atoms with van der Waals surface area (Å²) in [5.74, 6) is 0.877. The Bertz CT molecular complexity index is 456. The Morgan fingerprint density at radius 1 is 1.35 bits per heavy atom. The fraction of sp³-hybridized carbons (Fsp3) is 0.611. The van der Waals surface area contributed by atoms with Crippen molar-refractivity contribution in [2.75, 3.05) is 7.11 Å². The molecule has 2 heteroatoms. The van der Waals surface area contributed by atoms with Gasteiger partial charge in [-0.3, -0.25) is 4.79 Å². The van der Waals surface area contributed by atoms with Gasteiger partial charge in [-0.1, -0.05) is 38.5 Å². The van der Waals surface area contributed by atoms with Gasteiger partial charge in [-0.25, -0.2) is 0 Å². The van der Waals surface area contributed by atoms with Crippen LogP contribution in [0, 0.1) is 5.92 Å². The highest BCUT2D eigenvalue weighted by molar-refractivity contribution is 6.02. The van der Waals surface area contributed by atoms with Gasteiger partial charge in [0.25, 0.3) is 0 Å². The molecule has 1 fully saturated rings. The van der Waals surface area contributed by atoms with Gasteiger partial charge in [-0.2, -0.15) is 0 Å². The maximum Gasteiger partial charge on any atom is 0.194 e. The molecule has 0 bridgehead atoms. The summed E-state index contributed by atoms with van der Waals surface area (Å²) in [7, 11) is 1.68. The van der Waals surface area contributed by atoms with Crippen molar-refractivity contribution in [2.24, 2.45) is 5.92 Å². The number of rotatable bonds is 5. The predicted molar refractivity (Wildman–Crippen MR) is 82.1 cm³/mol. The van der Waals surface area contributed by atoms with E-state index in [2.05, 4.69) is 19.9 Å². The predicted octanol–water partition coefficient (Wildman–Crippen LogP) is 4.42. The summed E-state index contributed by atoms with van der Waals surface area (Å²) >= 11 is 0. The Morgan fingerprint density at radius 3 is 2.65 bits per heavy atom. The maximum atomic E-state index is 12.9. The number of ketones is 1. The number of aryl methyl sites for hydroxylation is 1. The Morgan fingerprint density at radius 2 is 2.05 bits per heavy atom. The third kappa shape index (κ3) is 3.12. The van der Waals surface area contributed by atoms with Crippen molar-refractivity contribution >= 4 is 5.78 Å². The van der Waals surface area contributed by atoms with E-state index in [0.717, 1.165) is 44.1 Å². The summed E-state index contributed by atoms with van der Waals surface area (Å²) in [6.07, 6.45) is 5.98. The molecule has 110 valence electrons. The lowest BCUT2D eigenvalue weighted by Crippen LogP contribution is -2.43. The summed E-state index contributed by atoms with van der Waals surface area (Å²) in [5.41, 5.74) is 1.47. The van der Waals surface area contributed by atoms with E-state index in [4.69, 9.17) is 4.74 Å². The molecular formula is C18H26O2. The first-order chi connectivity index (χ1) is 9.61. The molecule has 1 aliphatic carbocycles. The van der Waals surface area contributed by atoms with Crippen LogP contribution in [-0.2, 0) is 11.2 Å². The highest BCUT2D eigenvalue weighted by Gasteiger charge is 2.41. The van der Waals surface area contributed by atoms with E-state index in [1.165, 1.54) is 5.56 Å². The molecule has 20 heavy (non-hydrogen) atoms. The fourth-order valence-corrected chi connectivity index (χ4v) is 3.17. The summed E-state index contributed by atoms with van der Waals surface area (Å²) in [5, 5.41) is 0. The maximum absolute atomic E-state index is 12.9. The molecule has 2 nitrogen and oxygen atoms in total. The van der Waals surface area contributed by atoms with Crippen molar-refractivity contribution in [2.45, 2.75) is 58.0 Å². The average Bonchev–Trinajstić information content (AvgIpc) is 2.48. The SMILES string of the molecule is CCCc1cccc(C(=O)C2(OC)CCC(C)CC2)c1. The van der Waals surface area contributed by atoms with Crippen LogP contribution in [0.1, 0.15) is 61.9 Å². The number of hydrogen-bond donors (Lipinski definition) is 0. The van der Waals surface area contributed by atoms with E-state index in [-0.39, 0.29) is 5.78 Å². The van der Waals surface area contributed by atoms with Crippen molar-refractivity contribution in [3.05, 3.63) is 35.4 Å². The molecule has 0 atom stereocenters. The summed E-state index contributed by atoms with van der Waals surface area (Å²) in [4.78, 5) is 12.9. The first-order valence-electron chi connectivity index (χ1n) is 7.80. The minimum Gasteiger partial charge on any atom is -0.370 e. The van der Waals surface area contributed by atoms with Crippen LogP contribution < -0.4 is 0 Å². The normalized spacial score (nSPS) is 26.4. The van der Waals surface area contributed by atoms with Gasteiger partial charge in [0.05, 0.1) is 0 Å². The topological polar surface area (TPSA) is 26.3 Å². The van der Waals surface area contributed by atoms with Crippen molar-refractivity contribution in [3.8, 4) is 0 Å². The Kier molecular flexibility index (Phi) is 4.98. The quantitative estimate of drug-likeness (QED) is 0.743.